The van der Waals surface area contributed by atoms with E-state index in [0.29, 0.717) is 5.92 Å². The molecule has 1 aromatic carbocycles. The molecule has 1 heterocycles. The van der Waals surface area contributed by atoms with Gasteiger partial charge in [-0.3, -0.25) is 0 Å². The van der Waals surface area contributed by atoms with Crippen LogP contribution in [0.1, 0.15) is 25.8 Å². The second-order valence-electron chi connectivity index (χ2n) is 6.78. The fourth-order valence-corrected chi connectivity index (χ4v) is 5.28. The quantitative estimate of drug-likeness (QED) is 0.856. The molecule has 0 spiro atoms. The molecule has 3 rings (SSSR count). The molecule has 2 fully saturated rings. The van der Waals surface area contributed by atoms with Gasteiger partial charge in [0, 0.05) is 36.4 Å². The summed E-state index contributed by atoms with van der Waals surface area (Å²) in [5.41, 5.74) is 0.748. The smallest absolute Gasteiger partial charge is 0.236 e. The topological polar surface area (TPSA) is 46.6 Å². The summed E-state index contributed by atoms with van der Waals surface area (Å²) >= 11 is 0. The molecule has 1 saturated carbocycles. The largest absolute Gasteiger partial charge is 0.377 e. The summed E-state index contributed by atoms with van der Waals surface area (Å²) in [6.45, 7) is 4.93. The predicted molar refractivity (Wildman–Crippen MR) is 87.6 cm³/mol. The van der Waals surface area contributed by atoms with Gasteiger partial charge in [-0.2, -0.15) is 4.31 Å². The van der Waals surface area contributed by atoms with Crippen LogP contribution in [0.15, 0.2) is 35.7 Å². The lowest BCUT2D eigenvalue weighted by atomic mass is 9.57. The van der Waals surface area contributed by atoms with Gasteiger partial charge in [-0.05, 0) is 18.1 Å². The number of fused-ring (bicyclic) bond motifs is 1. The fourth-order valence-electron chi connectivity index (χ4n) is 4.02. The zero-order valence-corrected chi connectivity index (χ0v) is 14.1. The van der Waals surface area contributed by atoms with Crippen LogP contribution in [0.25, 0.3) is 6.08 Å². The number of hydrogen-bond acceptors (Lipinski definition) is 3. The summed E-state index contributed by atoms with van der Waals surface area (Å²) in [4.78, 5) is 0. The zero-order chi connectivity index (χ0) is 16.0. The molecule has 120 valence electrons. The third-order valence-corrected chi connectivity index (χ3v) is 6.57. The zero-order valence-electron chi connectivity index (χ0n) is 13.3. The van der Waals surface area contributed by atoms with Gasteiger partial charge in [0.25, 0.3) is 0 Å². The lowest BCUT2D eigenvalue weighted by molar-refractivity contribution is -0.131. The maximum atomic E-state index is 12.6. The molecule has 0 bridgehead atoms. The Morgan fingerprint density at radius 1 is 1.27 bits per heavy atom. The van der Waals surface area contributed by atoms with Crippen molar-refractivity contribution in [3.63, 3.8) is 0 Å². The van der Waals surface area contributed by atoms with E-state index < -0.39 is 10.0 Å². The van der Waals surface area contributed by atoms with Crippen LogP contribution in [0.4, 0.5) is 0 Å². The van der Waals surface area contributed by atoms with Gasteiger partial charge >= 0.3 is 0 Å². The molecule has 1 saturated heterocycles. The van der Waals surface area contributed by atoms with Crippen LogP contribution >= 0.6 is 0 Å². The van der Waals surface area contributed by atoms with E-state index in [2.05, 4.69) is 13.8 Å². The van der Waals surface area contributed by atoms with E-state index >= 15 is 0 Å². The molecule has 5 heteroatoms. The van der Waals surface area contributed by atoms with E-state index in [1.165, 1.54) is 9.71 Å². The third-order valence-electron chi connectivity index (χ3n) is 5.06. The average molecular weight is 321 g/mol. The third kappa shape index (κ3) is 2.51. The Hall–Kier alpha value is -1.17. The van der Waals surface area contributed by atoms with E-state index in [0.717, 1.165) is 18.6 Å². The highest BCUT2D eigenvalue weighted by atomic mass is 32.2. The van der Waals surface area contributed by atoms with E-state index in [-0.39, 0.29) is 17.6 Å². The number of nitrogens with zero attached hydrogens (tertiary/aromatic N) is 1. The van der Waals surface area contributed by atoms with Gasteiger partial charge in [-0.1, -0.05) is 44.2 Å². The minimum atomic E-state index is -3.43. The lowest BCUT2D eigenvalue weighted by Gasteiger charge is -2.57. The van der Waals surface area contributed by atoms with Gasteiger partial charge in [-0.15, -0.1) is 0 Å². The summed E-state index contributed by atoms with van der Waals surface area (Å²) in [6, 6.07) is 9.48. The molecular weight excluding hydrogens is 298 g/mol. The Kier molecular flexibility index (Phi) is 3.91. The highest BCUT2D eigenvalue weighted by molar-refractivity contribution is 7.92. The lowest BCUT2D eigenvalue weighted by Crippen LogP contribution is -2.66. The number of ether oxygens (including phenoxy) is 1. The average Bonchev–Trinajstić information content (AvgIpc) is 2.92. The van der Waals surface area contributed by atoms with Crippen molar-refractivity contribution in [1.29, 1.82) is 0 Å². The van der Waals surface area contributed by atoms with Gasteiger partial charge in [0.1, 0.15) is 0 Å². The number of sulfonamides is 1. The molecule has 3 atom stereocenters. The van der Waals surface area contributed by atoms with Crippen LogP contribution in [-0.4, -0.2) is 38.5 Å². The van der Waals surface area contributed by atoms with Gasteiger partial charge in [0.15, 0.2) is 0 Å². The monoisotopic (exact) mass is 321 g/mol. The molecule has 1 aromatic rings. The maximum absolute atomic E-state index is 12.6. The molecule has 4 nitrogen and oxygen atoms in total. The molecule has 0 N–H and O–H groups in total. The van der Waals surface area contributed by atoms with Crippen molar-refractivity contribution in [1.82, 2.24) is 4.31 Å². The number of benzene rings is 1. The van der Waals surface area contributed by atoms with Crippen molar-refractivity contribution in [3.05, 3.63) is 41.3 Å². The van der Waals surface area contributed by atoms with Crippen molar-refractivity contribution in [2.75, 3.05) is 13.7 Å². The van der Waals surface area contributed by atoms with Gasteiger partial charge in [0.2, 0.25) is 10.0 Å². The second kappa shape index (κ2) is 5.48. The molecule has 0 aromatic heterocycles. The Labute approximate surface area is 132 Å². The highest BCUT2D eigenvalue weighted by Gasteiger charge is 2.62. The number of hydrogen-bond donors (Lipinski definition) is 0. The Morgan fingerprint density at radius 3 is 2.64 bits per heavy atom. The highest BCUT2D eigenvalue weighted by Crippen LogP contribution is 2.54. The van der Waals surface area contributed by atoms with E-state index in [4.69, 9.17) is 4.74 Å². The first kappa shape index (κ1) is 15.7. The van der Waals surface area contributed by atoms with Crippen LogP contribution in [0.3, 0.4) is 0 Å². The van der Waals surface area contributed by atoms with Crippen molar-refractivity contribution in [2.24, 2.45) is 11.3 Å². The van der Waals surface area contributed by atoms with Crippen molar-refractivity contribution in [2.45, 2.75) is 32.4 Å². The summed E-state index contributed by atoms with van der Waals surface area (Å²) in [5, 5.41) is 1.31. The summed E-state index contributed by atoms with van der Waals surface area (Å²) < 4.78 is 32.5. The molecule has 22 heavy (non-hydrogen) atoms. The number of rotatable bonds is 4. The molecular formula is C17H23NO3S. The van der Waals surface area contributed by atoms with Crippen LogP contribution in [0.2, 0.25) is 0 Å². The SMILES string of the molecule is CN(C1C2CCOC2C1(C)C)S(=O)(=O)/C=C/c1ccccc1. The Morgan fingerprint density at radius 2 is 1.95 bits per heavy atom. The van der Waals surface area contributed by atoms with Gasteiger partial charge < -0.3 is 4.74 Å². The van der Waals surface area contributed by atoms with Crippen LogP contribution in [0, 0.1) is 11.3 Å². The first-order chi connectivity index (χ1) is 10.3. The minimum absolute atomic E-state index is 0.00502. The fraction of sp³-hybridized carbons (Fsp3) is 0.529. The van der Waals surface area contributed by atoms with E-state index in [1.54, 1.807) is 13.1 Å². The predicted octanol–water partition coefficient (Wildman–Crippen LogP) is 2.73. The van der Waals surface area contributed by atoms with Crippen molar-refractivity contribution in [3.8, 4) is 0 Å². The van der Waals surface area contributed by atoms with Gasteiger partial charge in [-0.25, -0.2) is 8.42 Å². The van der Waals surface area contributed by atoms with Gasteiger partial charge in [0.05, 0.1) is 6.10 Å². The molecule has 1 aliphatic heterocycles. The van der Waals surface area contributed by atoms with Crippen molar-refractivity contribution < 1.29 is 13.2 Å². The normalized spacial score (nSPS) is 30.5. The standard InChI is InChI=1S/C17H23NO3S/c1-17(2)15(14-9-11-21-16(14)17)18(3)22(19,20)12-10-13-7-5-4-6-8-13/h4-8,10,12,14-16H,9,11H2,1-3H3/b12-10+. The minimum Gasteiger partial charge on any atom is -0.377 e. The summed E-state index contributed by atoms with van der Waals surface area (Å²) in [7, 11) is -1.74. The molecule has 2 aliphatic rings. The maximum Gasteiger partial charge on any atom is 0.236 e. The molecule has 3 unspecified atom stereocenters. The second-order valence-corrected chi connectivity index (χ2v) is 8.66. The molecule has 1 aliphatic carbocycles. The van der Waals surface area contributed by atoms with E-state index in [1.807, 2.05) is 30.3 Å². The van der Waals surface area contributed by atoms with Crippen LogP contribution in [0.5, 0.6) is 0 Å². The van der Waals surface area contributed by atoms with Crippen LogP contribution in [-0.2, 0) is 14.8 Å². The Bertz CT molecular complexity index is 666. The first-order valence-corrected chi connectivity index (χ1v) is 9.17. The van der Waals surface area contributed by atoms with Crippen molar-refractivity contribution >= 4 is 16.1 Å². The first-order valence-electron chi connectivity index (χ1n) is 7.67. The molecule has 0 radical (unpaired) electrons. The van der Waals surface area contributed by atoms with Crippen LogP contribution < -0.4 is 0 Å². The van der Waals surface area contributed by atoms with E-state index in [9.17, 15) is 8.42 Å². The Balaban J connectivity index is 1.79. The summed E-state index contributed by atoms with van der Waals surface area (Å²) in [5.74, 6) is 0.319. The molecule has 0 amide bonds. The summed E-state index contributed by atoms with van der Waals surface area (Å²) in [6.07, 6.45) is 2.79.